The zero-order valence-electron chi connectivity index (χ0n) is 14.3. The summed E-state index contributed by atoms with van der Waals surface area (Å²) < 4.78 is 11.1. The van der Waals surface area contributed by atoms with Crippen molar-refractivity contribution < 1.29 is 24.2 Å². The van der Waals surface area contributed by atoms with Crippen molar-refractivity contribution >= 4 is 11.9 Å². The molecule has 26 heavy (non-hydrogen) atoms. The lowest BCUT2D eigenvalue weighted by Crippen LogP contribution is -2.46. The standard InChI is InChI=1S/C20H21NO5/c22-18(21-14-20(19(23)24)10-12-25-13-11-20)16-8-4-5-9-17(16)26-15-6-2-1-3-7-15/h1-9H,10-14H2,(H,21,22)(H,23,24). The maximum Gasteiger partial charge on any atom is 0.311 e. The Morgan fingerprint density at radius 1 is 1.04 bits per heavy atom. The highest BCUT2D eigenvalue weighted by Crippen LogP contribution is 2.31. The third-order valence-corrected chi connectivity index (χ3v) is 4.59. The number of carbonyl (C=O) groups is 2. The number of hydrogen-bond donors (Lipinski definition) is 2. The van der Waals surface area contributed by atoms with E-state index in [4.69, 9.17) is 9.47 Å². The second kappa shape index (κ2) is 8.01. The molecular formula is C20H21NO5. The summed E-state index contributed by atoms with van der Waals surface area (Å²) in [6.45, 7) is 0.829. The molecule has 0 bridgehead atoms. The van der Waals surface area contributed by atoms with Gasteiger partial charge in [0.1, 0.15) is 11.5 Å². The summed E-state index contributed by atoms with van der Waals surface area (Å²) in [5.74, 6) is -0.217. The van der Waals surface area contributed by atoms with Gasteiger partial charge in [-0.3, -0.25) is 9.59 Å². The topological polar surface area (TPSA) is 84.9 Å². The van der Waals surface area contributed by atoms with Crippen molar-refractivity contribution in [1.29, 1.82) is 0 Å². The largest absolute Gasteiger partial charge is 0.481 e. The fourth-order valence-electron chi connectivity index (χ4n) is 2.93. The predicted molar refractivity (Wildman–Crippen MR) is 95.4 cm³/mol. The summed E-state index contributed by atoms with van der Waals surface area (Å²) in [5, 5.41) is 12.4. The lowest BCUT2D eigenvalue weighted by Gasteiger charge is -2.33. The molecule has 1 amide bonds. The number of rotatable bonds is 6. The van der Waals surface area contributed by atoms with Crippen LogP contribution in [0.3, 0.4) is 0 Å². The number of nitrogens with one attached hydrogen (secondary N) is 1. The molecule has 0 saturated carbocycles. The first-order chi connectivity index (χ1) is 12.6. The fraction of sp³-hybridized carbons (Fsp3) is 0.300. The Hall–Kier alpha value is -2.86. The highest BCUT2D eigenvalue weighted by molar-refractivity contribution is 5.97. The molecule has 136 valence electrons. The minimum atomic E-state index is -0.983. The van der Waals surface area contributed by atoms with Gasteiger partial charge in [0.05, 0.1) is 11.0 Å². The van der Waals surface area contributed by atoms with Crippen molar-refractivity contribution in [3.63, 3.8) is 0 Å². The van der Waals surface area contributed by atoms with Crippen LogP contribution in [0.4, 0.5) is 0 Å². The van der Waals surface area contributed by atoms with Crippen molar-refractivity contribution in [3.8, 4) is 11.5 Å². The van der Waals surface area contributed by atoms with Gasteiger partial charge in [-0.1, -0.05) is 30.3 Å². The summed E-state index contributed by atoms with van der Waals surface area (Å²) in [7, 11) is 0. The van der Waals surface area contributed by atoms with Crippen LogP contribution in [0.1, 0.15) is 23.2 Å². The quantitative estimate of drug-likeness (QED) is 0.832. The van der Waals surface area contributed by atoms with Crippen molar-refractivity contribution in [2.24, 2.45) is 5.41 Å². The van der Waals surface area contributed by atoms with Gasteiger partial charge in [-0.2, -0.15) is 0 Å². The van der Waals surface area contributed by atoms with E-state index in [1.165, 1.54) is 0 Å². The van der Waals surface area contributed by atoms with Crippen LogP contribution in [0.25, 0.3) is 0 Å². The van der Waals surface area contributed by atoms with Gasteiger partial charge in [-0.05, 0) is 37.1 Å². The molecule has 0 unspecified atom stereocenters. The van der Waals surface area contributed by atoms with Crippen molar-refractivity contribution in [2.45, 2.75) is 12.8 Å². The summed E-state index contributed by atoms with van der Waals surface area (Å²) in [5.41, 5.74) is -0.618. The third-order valence-electron chi connectivity index (χ3n) is 4.59. The maximum absolute atomic E-state index is 12.6. The van der Waals surface area contributed by atoms with Crippen molar-refractivity contribution in [3.05, 3.63) is 60.2 Å². The molecule has 1 saturated heterocycles. The Morgan fingerprint density at radius 3 is 2.38 bits per heavy atom. The van der Waals surface area contributed by atoms with Crippen LogP contribution in [0.5, 0.6) is 11.5 Å². The molecule has 3 rings (SSSR count). The van der Waals surface area contributed by atoms with E-state index < -0.39 is 11.4 Å². The lowest BCUT2D eigenvalue weighted by molar-refractivity contribution is -0.154. The molecule has 2 N–H and O–H groups in total. The molecule has 0 aromatic heterocycles. The molecule has 0 atom stereocenters. The number of carboxylic acids is 1. The van der Waals surface area contributed by atoms with E-state index in [1.54, 1.807) is 36.4 Å². The van der Waals surface area contributed by atoms with E-state index >= 15 is 0 Å². The molecule has 1 aliphatic rings. The number of benzene rings is 2. The van der Waals surface area contributed by atoms with E-state index in [9.17, 15) is 14.7 Å². The van der Waals surface area contributed by atoms with E-state index in [1.807, 2.05) is 18.2 Å². The van der Waals surface area contributed by atoms with Crippen LogP contribution in [0.15, 0.2) is 54.6 Å². The van der Waals surface area contributed by atoms with Crippen LogP contribution in [-0.2, 0) is 9.53 Å². The minimum absolute atomic E-state index is 0.0597. The number of aliphatic carboxylic acids is 1. The molecule has 2 aromatic carbocycles. The molecule has 0 spiro atoms. The molecule has 1 heterocycles. The Kier molecular flexibility index (Phi) is 5.53. The Labute approximate surface area is 151 Å². The summed E-state index contributed by atoms with van der Waals surface area (Å²) in [6, 6.07) is 16.1. The molecule has 1 aliphatic heterocycles. The van der Waals surface area contributed by atoms with Gasteiger partial charge < -0.3 is 19.9 Å². The van der Waals surface area contributed by atoms with Gasteiger partial charge in [-0.25, -0.2) is 0 Å². The van der Waals surface area contributed by atoms with Crippen LogP contribution in [0, 0.1) is 5.41 Å². The number of ether oxygens (including phenoxy) is 2. The molecule has 6 nitrogen and oxygen atoms in total. The molecule has 0 radical (unpaired) electrons. The van der Waals surface area contributed by atoms with Crippen LogP contribution in [0.2, 0.25) is 0 Å². The molecule has 1 fully saturated rings. The van der Waals surface area contributed by atoms with E-state index in [2.05, 4.69) is 5.32 Å². The fourth-order valence-corrected chi connectivity index (χ4v) is 2.93. The van der Waals surface area contributed by atoms with Gasteiger partial charge in [0, 0.05) is 19.8 Å². The molecule has 0 aliphatic carbocycles. The number of carboxylic acid groups (broad SMARTS) is 1. The second-order valence-electron chi connectivity index (χ2n) is 6.29. The Balaban J connectivity index is 1.73. The summed E-state index contributed by atoms with van der Waals surface area (Å²) in [6.07, 6.45) is 0.759. The van der Waals surface area contributed by atoms with Gasteiger partial charge in [0.15, 0.2) is 0 Å². The summed E-state index contributed by atoms with van der Waals surface area (Å²) in [4.78, 5) is 24.3. The lowest BCUT2D eigenvalue weighted by atomic mass is 9.80. The zero-order valence-corrected chi connectivity index (χ0v) is 14.3. The zero-order chi connectivity index (χ0) is 18.4. The van der Waals surface area contributed by atoms with Crippen LogP contribution >= 0.6 is 0 Å². The van der Waals surface area contributed by atoms with Gasteiger partial charge in [0.2, 0.25) is 0 Å². The number of carbonyl (C=O) groups excluding carboxylic acids is 1. The van der Waals surface area contributed by atoms with Gasteiger partial charge >= 0.3 is 5.97 Å². The average Bonchev–Trinajstić information content (AvgIpc) is 2.68. The minimum Gasteiger partial charge on any atom is -0.481 e. The number of para-hydroxylation sites is 2. The predicted octanol–water partition coefficient (Wildman–Crippen LogP) is 3.09. The van der Waals surface area contributed by atoms with Crippen molar-refractivity contribution in [2.75, 3.05) is 19.8 Å². The van der Waals surface area contributed by atoms with Crippen LogP contribution in [-0.4, -0.2) is 36.7 Å². The molecule has 2 aromatic rings. The second-order valence-corrected chi connectivity index (χ2v) is 6.29. The Morgan fingerprint density at radius 2 is 1.69 bits per heavy atom. The summed E-state index contributed by atoms with van der Waals surface area (Å²) >= 11 is 0. The average molecular weight is 355 g/mol. The van der Waals surface area contributed by atoms with Crippen molar-refractivity contribution in [1.82, 2.24) is 5.32 Å². The first kappa shape index (κ1) is 17.9. The maximum atomic E-state index is 12.6. The third kappa shape index (κ3) is 4.03. The number of amides is 1. The molecular weight excluding hydrogens is 334 g/mol. The van der Waals surface area contributed by atoms with Gasteiger partial charge in [-0.15, -0.1) is 0 Å². The van der Waals surface area contributed by atoms with E-state index in [0.29, 0.717) is 43.1 Å². The highest BCUT2D eigenvalue weighted by Gasteiger charge is 2.40. The highest BCUT2D eigenvalue weighted by atomic mass is 16.5. The monoisotopic (exact) mass is 355 g/mol. The van der Waals surface area contributed by atoms with Gasteiger partial charge in [0.25, 0.3) is 5.91 Å². The molecule has 6 heteroatoms. The first-order valence-corrected chi connectivity index (χ1v) is 8.52. The Bertz CT molecular complexity index is 769. The normalized spacial score (nSPS) is 15.8. The van der Waals surface area contributed by atoms with E-state index in [0.717, 1.165) is 0 Å². The smallest absolute Gasteiger partial charge is 0.311 e. The number of hydrogen-bond acceptors (Lipinski definition) is 4. The SMILES string of the molecule is O=C(NCC1(C(=O)O)CCOCC1)c1ccccc1Oc1ccccc1. The van der Waals surface area contributed by atoms with E-state index in [-0.39, 0.29) is 12.5 Å². The first-order valence-electron chi connectivity index (χ1n) is 8.52. The van der Waals surface area contributed by atoms with Crippen LogP contribution < -0.4 is 10.1 Å².